The first-order valence-corrected chi connectivity index (χ1v) is 6.32. The molecule has 0 spiro atoms. The van der Waals surface area contributed by atoms with E-state index in [9.17, 15) is 5.11 Å². The molecule has 1 saturated carbocycles. The third kappa shape index (κ3) is 2.39. The maximum atomic E-state index is 9.35. The molecule has 2 aromatic rings. The average Bonchev–Trinajstić information content (AvgIpc) is 2.37. The van der Waals surface area contributed by atoms with Crippen LogP contribution in [0.15, 0.2) is 54.6 Å². The van der Waals surface area contributed by atoms with Gasteiger partial charge >= 0.3 is 0 Å². The van der Waals surface area contributed by atoms with Crippen molar-refractivity contribution in [3.05, 3.63) is 60.2 Å². The molecule has 0 bridgehead atoms. The summed E-state index contributed by atoms with van der Waals surface area (Å²) in [6.07, 6.45) is 1.62. The Morgan fingerprint density at radius 1 is 0.889 bits per heavy atom. The lowest BCUT2D eigenvalue weighted by molar-refractivity contribution is 0.0746. The van der Waals surface area contributed by atoms with E-state index in [1.807, 2.05) is 42.5 Å². The first-order chi connectivity index (χ1) is 8.81. The normalized spacial score (nSPS) is 22.3. The molecule has 1 aliphatic carbocycles. The summed E-state index contributed by atoms with van der Waals surface area (Å²) in [5.41, 5.74) is 1.26. The molecule has 0 radical (unpaired) electrons. The molecule has 2 heteroatoms. The van der Waals surface area contributed by atoms with Crippen LogP contribution in [-0.2, 0) is 0 Å². The molecule has 0 saturated heterocycles. The van der Waals surface area contributed by atoms with Crippen LogP contribution in [0.25, 0.3) is 0 Å². The van der Waals surface area contributed by atoms with E-state index in [1.165, 1.54) is 5.56 Å². The zero-order valence-corrected chi connectivity index (χ0v) is 10.1. The van der Waals surface area contributed by atoms with Crippen LogP contribution in [0.1, 0.15) is 24.3 Å². The number of aliphatic hydroxyl groups excluding tert-OH is 1. The van der Waals surface area contributed by atoms with E-state index in [4.69, 9.17) is 4.74 Å². The number of hydrogen-bond donors (Lipinski definition) is 1. The van der Waals surface area contributed by atoms with Gasteiger partial charge in [0.1, 0.15) is 11.5 Å². The first-order valence-electron chi connectivity index (χ1n) is 6.32. The van der Waals surface area contributed by atoms with Gasteiger partial charge in [0.05, 0.1) is 6.10 Å². The fraction of sp³-hybridized carbons (Fsp3) is 0.250. The zero-order chi connectivity index (χ0) is 12.4. The quantitative estimate of drug-likeness (QED) is 0.886. The summed E-state index contributed by atoms with van der Waals surface area (Å²) in [5.74, 6) is 2.20. The van der Waals surface area contributed by atoms with E-state index in [0.29, 0.717) is 5.92 Å². The van der Waals surface area contributed by atoms with Crippen molar-refractivity contribution >= 4 is 0 Å². The average molecular weight is 240 g/mol. The second-order valence-corrected chi connectivity index (χ2v) is 4.81. The highest BCUT2D eigenvalue weighted by molar-refractivity contribution is 5.36. The molecule has 1 N–H and O–H groups in total. The standard InChI is InChI=1S/C16H16O2/c17-14-9-13(10-14)12-5-4-8-16(11-12)18-15-6-2-1-3-7-15/h1-8,11,13-14,17H,9-10H2. The Morgan fingerprint density at radius 2 is 1.61 bits per heavy atom. The Bertz CT molecular complexity index is 516. The Labute approximate surface area is 107 Å². The summed E-state index contributed by atoms with van der Waals surface area (Å²) in [4.78, 5) is 0. The van der Waals surface area contributed by atoms with Gasteiger partial charge in [-0.15, -0.1) is 0 Å². The minimum Gasteiger partial charge on any atom is -0.457 e. The van der Waals surface area contributed by atoms with Crippen LogP contribution in [0.5, 0.6) is 11.5 Å². The maximum absolute atomic E-state index is 9.35. The molecular formula is C16H16O2. The third-order valence-electron chi connectivity index (χ3n) is 3.42. The first kappa shape index (κ1) is 11.3. The van der Waals surface area contributed by atoms with E-state index in [1.54, 1.807) is 0 Å². The monoisotopic (exact) mass is 240 g/mol. The Morgan fingerprint density at radius 3 is 2.33 bits per heavy atom. The Kier molecular flexibility index (Phi) is 3.03. The van der Waals surface area contributed by atoms with Crippen LogP contribution >= 0.6 is 0 Å². The van der Waals surface area contributed by atoms with Gasteiger partial charge in [-0.3, -0.25) is 0 Å². The molecule has 2 nitrogen and oxygen atoms in total. The van der Waals surface area contributed by atoms with E-state index >= 15 is 0 Å². The summed E-state index contributed by atoms with van der Waals surface area (Å²) >= 11 is 0. The van der Waals surface area contributed by atoms with Crippen LogP contribution in [0.3, 0.4) is 0 Å². The van der Waals surface area contributed by atoms with E-state index in [-0.39, 0.29) is 6.10 Å². The molecule has 18 heavy (non-hydrogen) atoms. The van der Waals surface area contributed by atoms with Crippen molar-refractivity contribution in [1.82, 2.24) is 0 Å². The smallest absolute Gasteiger partial charge is 0.127 e. The second kappa shape index (κ2) is 4.83. The molecular weight excluding hydrogens is 224 g/mol. The number of aliphatic hydroxyl groups is 1. The Balaban J connectivity index is 1.75. The molecule has 0 heterocycles. The van der Waals surface area contributed by atoms with Gasteiger partial charge in [-0.25, -0.2) is 0 Å². The number of hydrogen-bond acceptors (Lipinski definition) is 2. The third-order valence-corrected chi connectivity index (χ3v) is 3.42. The van der Waals surface area contributed by atoms with Crippen molar-refractivity contribution in [2.75, 3.05) is 0 Å². The minimum atomic E-state index is -0.117. The number of para-hydroxylation sites is 1. The minimum absolute atomic E-state index is 0.117. The SMILES string of the molecule is OC1CC(c2cccc(Oc3ccccc3)c2)C1. The van der Waals surface area contributed by atoms with Crippen molar-refractivity contribution in [3.8, 4) is 11.5 Å². The van der Waals surface area contributed by atoms with Gasteiger partial charge < -0.3 is 9.84 Å². The number of rotatable bonds is 3. The molecule has 3 rings (SSSR count). The number of benzene rings is 2. The highest BCUT2D eigenvalue weighted by Gasteiger charge is 2.28. The van der Waals surface area contributed by atoms with Gasteiger partial charge in [0.25, 0.3) is 0 Å². The molecule has 0 atom stereocenters. The summed E-state index contributed by atoms with van der Waals surface area (Å²) in [6.45, 7) is 0. The van der Waals surface area contributed by atoms with Gasteiger partial charge in [-0.1, -0.05) is 30.3 Å². The van der Waals surface area contributed by atoms with Crippen LogP contribution in [-0.4, -0.2) is 11.2 Å². The molecule has 1 aliphatic rings. The van der Waals surface area contributed by atoms with Crippen LogP contribution in [0.2, 0.25) is 0 Å². The Hall–Kier alpha value is -1.80. The predicted molar refractivity (Wildman–Crippen MR) is 70.9 cm³/mol. The van der Waals surface area contributed by atoms with Gasteiger partial charge in [-0.05, 0) is 48.6 Å². The fourth-order valence-electron chi connectivity index (χ4n) is 2.32. The van der Waals surface area contributed by atoms with E-state index in [2.05, 4.69) is 12.1 Å². The molecule has 92 valence electrons. The van der Waals surface area contributed by atoms with Gasteiger partial charge in [0.15, 0.2) is 0 Å². The van der Waals surface area contributed by atoms with E-state index < -0.39 is 0 Å². The van der Waals surface area contributed by atoms with Gasteiger partial charge in [0.2, 0.25) is 0 Å². The van der Waals surface area contributed by atoms with Gasteiger partial charge in [0, 0.05) is 0 Å². The molecule has 0 unspecified atom stereocenters. The summed E-state index contributed by atoms with van der Waals surface area (Å²) in [7, 11) is 0. The highest BCUT2D eigenvalue weighted by atomic mass is 16.5. The maximum Gasteiger partial charge on any atom is 0.127 e. The lowest BCUT2D eigenvalue weighted by atomic mass is 9.78. The number of ether oxygens (including phenoxy) is 1. The molecule has 0 aromatic heterocycles. The molecule has 2 aromatic carbocycles. The molecule has 1 fully saturated rings. The van der Waals surface area contributed by atoms with Crippen LogP contribution in [0, 0.1) is 0 Å². The summed E-state index contributed by atoms with van der Waals surface area (Å²) in [6, 6.07) is 17.9. The molecule has 0 amide bonds. The lowest BCUT2D eigenvalue weighted by Crippen LogP contribution is -2.26. The van der Waals surface area contributed by atoms with Crippen molar-refractivity contribution in [1.29, 1.82) is 0 Å². The van der Waals surface area contributed by atoms with Crippen molar-refractivity contribution < 1.29 is 9.84 Å². The summed E-state index contributed by atoms with van der Waals surface area (Å²) < 4.78 is 5.80. The van der Waals surface area contributed by atoms with Crippen LogP contribution in [0.4, 0.5) is 0 Å². The zero-order valence-electron chi connectivity index (χ0n) is 10.1. The topological polar surface area (TPSA) is 29.5 Å². The second-order valence-electron chi connectivity index (χ2n) is 4.81. The largest absolute Gasteiger partial charge is 0.457 e. The van der Waals surface area contributed by atoms with Crippen LogP contribution < -0.4 is 4.74 Å². The van der Waals surface area contributed by atoms with Gasteiger partial charge in [-0.2, -0.15) is 0 Å². The fourth-order valence-corrected chi connectivity index (χ4v) is 2.32. The summed E-state index contributed by atoms with van der Waals surface area (Å²) in [5, 5.41) is 9.35. The van der Waals surface area contributed by atoms with Crippen molar-refractivity contribution in [2.24, 2.45) is 0 Å². The predicted octanol–water partition coefficient (Wildman–Crippen LogP) is 3.72. The molecule has 0 aliphatic heterocycles. The lowest BCUT2D eigenvalue weighted by Gasteiger charge is -2.31. The van der Waals surface area contributed by atoms with Crippen molar-refractivity contribution in [3.63, 3.8) is 0 Å². The van der Waals surface area contributed by atoms with E-state index in [0.717, 1.165) is 24.3 Å². The highest BCUT2D eigenvalue weighted by Crippen LogP contribution is 2.38. The van der Waals surface area contributed by atoms with Crippen molar-refractivity contribution in [2.45, 2.75) is 24.9 Å².